The fourth-order valence-electron chi connectivity index (χ4n) is 1.70. The Morgan fingerprint density at radius 3 is 2.11 bits per heavy atom. The van der Waals surface area contributed by atoms with Crippen LogP contribution in [0.5, 0.6) is 0 Å². The summed E-state index contributed by atoms with van der Waals surface area (Å²) in [6.07, 6.45) is 5.74. The molecule has 1 amide bonds. The number of hydrogen-bond acceptors (Lipinski definition) is 2. The zero-order valence-electron chi connectivity index (χ0n) is 12.6. The van der Waals surface area contributed by atoms with E-state index < -0.39 is 5.97 Å². The number of carboxylic acids is 1. The molecule has 0 radical (unpaired) electrons. The van der Waals surface area contributed by atoms with Gasteiger partial charge in [-0.15, -0.1) is 0 Å². The maximum Gasteiger partial charge on any atom is 0.331 e. The first kappa shape index (κ1) is 17.7. The maximum atomic E-state index is 11.6. The number of hydrogen-bond donors (Lipinski definition) is 2. The fraction of sp³-hybridized carbons (Fsp3) is 0.733. The summed E-state index contributed by atoms with van der Waals surface area (Å²) < 4.78 is 0. The van der Waals surface area contributed by atoms with Crippen molar-refractivity contribution in [3.05, 3.63) is 11.1 Å². The topological polar surface area (TPSA) is 66.4 Å². The summed E-state index contributed by atoms with van der Waals surface area (Å²) in [7, 11) is 0. The number of carboxylic acid groups (broad SMARTS) is 1. The van der Waals surface area contributed by atoms with Crippen LogP contribution in [0.15, 0.2) is 11.1 Å². The van der Waals surface area contributed by atoms with Gasteiger partial charge in [-0.1, -0.05) is 39.5 Å². The molecule has 0 aliphatic rings. The molecule has 0 saturated heterocycles. The summed E-state index contributed by atoms with van der Waals surface area (Å²) in [5.74, 6) is -0.560. The highest BCUT2D eigenvalue weighted by Gasteiger charge is 2.11. The molecule has 0 heterocycles. The number of nitrogens with one attached hydrogen (secondary N) is 1. The van der Waals surface area contributed by atoms with Crippen LogP contribution in [0.2, 0.25) is 0 Å². The molecule has 0 unspecified atom stereocenters. The average molecular weight is 269 g/mol. The Labute approximate surface area is 116 Å². The van der Waals surface area contributed by atoms with E-state index in [1.807, 2.05) is 0 Å². The van der Waals surface area contributed by atoms with Crippen LogP contribution in [0, 0.1) is 5.92 Å². The summed E-state index contributed by atoms with van der Waals surface area (Å²) in [6, 6.07) is 0. The second kappa shape index (κ2) is 9.59. The Bertz CT molecular complexity index is 332. The van der Waals surface area contributed by atoms with Crippen molar-refractivity contribution in [3.63, 3.8) is 0 Å². The van der Waals surface area contributed by atoms with Crippen LogP contribution in [-0.4, -0.2) is 23.5 Å². The molecule has 110 valence electrons. The van der Waals surface area contributed by atoms with Crippen LogP contribution in [0.25, 0.3) is 0 Å². The highest BCUT2D eigenvalue weighted by molar-refractivity contribution is 6.01. The molecule has 0 aliphatic heterocycles. The highest BCUT2D eigenvalue weighted by atomic mass is 16.4. The number of unbranched alkanes of at least 4 members (excludes halogenated alkanes) is 3. The van der Waals surface area contributed by atoms with Gasteiger partial charge in [0.05, 0.1) is 0 Å². The monoisotopic (exact) mass is 269 g/mol. The Balaban J connectivity index is 3.76. The first-order valence-corrected chi connectivity index (χ1v) is 7.05. The molecule has 0 aliphatic carbocycles. The van der Waals surface area contributed by atoms with Crippen molar-refractivity contribution in [2.24, 2.45) is 5.92 Å². The van der Waals surface area contributed by atoms with E-state index in [9.17, 15) is 9.59 Å². The minimum Gasteiger partial charge on any atom is -0.478 e. The molecule has 0 bridgehead atoms. The number of amides is 1. The number of aliphatic carboxylic acids is 1. The first-order valence-electron chi connectivity index (χ1n) is 7.05. The largest absolute Gasteiger partial charge is 0.478 e. The lowest BCUT2D eigenvalue weighted by Crippen LogP contribution is -2.26. The van der Waals surface area contributed by atoms with E-state index in [1.54, 1.807) is 6.92 Å². The van der Waals surface area contributed by atoms with Crippen LogP contribution in [0.4, 0.5) is 0 Å². The number of carbonyl (C=O) groups excluding carboxylic acids is 1. The molecule has 0 spiro atoms. The summed E-state index contributed by atoms with van der Waals surface area (Å²) in [4.78, 5) is 22.3. The van der Waals surface area contributed by atoms with Crippen LogP contribution in [0.1, 0.15) is 59.8 Å². The van der Waals surface area contributed by atoms with E-state index in [0.717, 1.165) is 18.8 Å². The zero-order chi connectivity index (χ0) is 14.8. The maximum absolute atomic E-state index is 11.6. The summed E-state index contributed by atoms with van der Waals surface area (Å²) in [5, 5.41) is 11.5. The van der Waals surface area contributed by atoms with Gasteiger partial charge in [0, 0.05) is 17.7 Å². The van der Waals surface area contributed by atoms with E-state index >= 15 is 0 Å². The SMILES string of the molecule is CC(C(=O)O)=C(C)C(=O)NCCCCCCC(C)C. The van der Waals surface area contributed by atoms with Crippen LogP contribution < -0.4 is 5.32 Å². The predicted octanol–water partition coefficient (Wildman–Crippen LogP) is 3.13. The third-order valence-corrected chi connectivity index (χ3v) is 3.22. The van der Waals surface area contributed by atoms with Crippen molar-refractivity contribution >= 4 is 11.9 Å². The van der Waals surface area contributed by atoms with Gasteiger partial charge in [0.25, 0.3) is 0 Å². The number of carbonyl (C=O) groups is 2. The number of rotatable bonds is 9. The van der Waals surface area contributed by atoms with Gasteiger partial charge in [0.15, 0.2) is 0 Å². The molecule has 2 N–H and O–H groups in total. The van der Waals surface area contributed by atoms with Crippen molar-refractivity contribution in [3.8, 4) is 0 Å². The highest BCUT2D eigenvalue weighted by Crippen LogP contribution is 2.09. The van der Waals surface area contributed by atoms with Crippen molar-refractivity contribution < 1.29 is 14.7 Å². The van der Waals surface area contributed by atoms with Gasteiger partial charge in [0.2, 0.25) is 5.91 Å². The minimum absolute atomic E-state index is 0.106. The smallest absolute Gasteiger partial charge is 0.331 e. The summed E-state index contributed by atoms with van der Waals surface area (Å²) in [6.45, 7) is 8.05. The van der Waals surface area contributed by atoms with Crippen LogP contribution >= 0.6 is 0 Å². The van der Waals surface area contributed by atoms with Crippen molar-refractivity contribution in [2.75, 3.05) is 6.54 Å². The van der Waals surface area contributed by atoms with Gasteiger partial charge in [-0.25, -0.2) is 4.79 Å². The Morgan fingerprint density at radius 2 is 1.58 bits per heavy atom. The third kappa shape index (κ3) is 8.41. The molecule has 4 heteroatoms. The van der Waals surface area contributed by atoms with Crippen LogP contribution in [0.3, 0.4) is 0 Å². The normalized spacial score (nSPS) is 12.3. The third-order valence-electron chi connectivity index (χ3n) is 3.22. The molecule has 0 aromatic rings. The van der Waals surface area contributed by atoms with E-state index in [2.05, 4.69) is 19.2 Å². The summed E-state index contributed by atoms with van der Waals surface area (Å²) in [5.41, 5.74) is 0.391. The molecular formula is C15H27NO3. The van der Waals surface area contributed by atoms with E-state index in [1.165, 1.54) is 26.2 Å². The molecule has 0 aromatic carbocycles. The molecule has 0 atom stereocenters. The standard InChI is InChI=1S/C15H27NO3/c1-11(2)9-7-5-6-8-10-16-14(17)12(3)13(4)15(18)19/h11H,5-10H2,1-4H3,(H,16,17)(H,18,19). The lowest BCUT2D eigenvalue weighted by molar-refractivity contribution is -0.133. The second-order valence-corrected chi connectivity index (χ2v) is 5.41. The Morgan fingerprint density at radius 1 is 1.00 bits per heavy atom. The quantitative estimate of drug-likeness (QED) is 0.499. The molecule has 0 fully saturated rings. The molecule has 0 rings (SSSR count). The summed E-state index contributed by atoms with van der Waals surface area (Å²) >= 11 is 0. The average Bonchev–Trinajstić information content (AvgIpc) is 2.34. The van der Waals surface area contributed by atoms with Gasteiger partial charge in [0.1, 0.15) is 0 Å². The van der Waals surface area contributed by atoms with Gasteiger partial charge in [-0.3, -0.25) is 4.79 Å². The lowest BCUT2D eigenvalue weighted by Gasteiger charge is -2.07. The zero-order valence-corrected chi connectivity index (χ0v) is 12.6. The van der Waals surface area contributed by atoms with Gasteiger partial charge >= 0.3 is 5.97 Å². The Hall–Kier alpha value is -1.32. The molecule has 4 nitrogen and oxygen atoms in total. The molecule has 0 saturated carbocycles. The minimum atomic E-state index is -1.04. The Kier molecular flexibility index (Phi) is 8.92. The van der Waals surface area contributed by atoms with E-state index in [0.29, 0.717) is 6.54 Å². The van der Waals surface area contributed by atoms with Crippen LogP contribution in [-0.2, 0) is 9.59 Å². The predicted molar refractivity (Wildman–Crippen MR) is 76.9 cm³/mol. The van der Waals surface area contributed by atoms with Crippen molar-refractivity contribution in [1.29, 1.82) is 0 Å². The molecule has 19 heavy (non-hydrogen) atoms. The first-order chi connectivity index (χ1) is 8.86. The van der Waals surface area contributed by atoms with Gasteiger partial charge in [-0.2, -0.15) is 0 Å². The lowest BCUT2D eigenvalue weighted by atomic mass is 10.0. The fourth-order valence-corrected chi connectivity index (χ4v) is 1.70. The van der Waals surface area contributed by atoms with Crippen molar-refractivity contribution in [2.45, 2.75) is 59.8 Å². The van der Waals surface area contributed by atoms with E-state index in [4.69, 9.17) is 5.11 Å². The van der Waals surface area contributed by atoms with Gasteiger partial charge in [-0.05, 0) is 26.2 Å². The molecular weight excluding hydrogens is 242 g/mol. The van der Waals surface area contributed by atoms with E-state index in [-0.39, 0.29) is 17.1 Å². The molecule has 0 aromatic heterocycles. The van der Waals surface area contributed by atoms with Gasteiger partial charge < -0.3 is 10.4 Å². The second-order valence-electron chi connectivity index (χ2n) is 5.41. The van der Waals surface area contributed by atoms with Crippen molar-refractivity contribution in [1.82, 2.24) is 5.32 Å².